The van der Waals surface area contributed by atoms with Crippen LogP contribution < -0.4 is 0 Å². The Morgan fingerprint density at radius 3 is 2.20 bits per heavy atom. The molecule has 0 aliphatic heterocycles. The molecule has 0 amide bonds. The van der Waals surface area contributed by atoms with Crippen molar-refractivity contribution < 1.29 is 13.2 Å². The van der Waals surface area contributed by atoms with E-state index < -0.39 is 13.8 Å². The highest BCUT2D eigenvalue weighted by molar-refractivity contribution is 8.15. The summed E-state index contributed by atoms with van der Waals surface area (Å²) in [6, 6.07) is 0. The third kappa shape index (κ3) is 3.08. The van der Waals surface area contributed by atoms with Crippen molar-refractivity contribution in [2.75, 3.05) is 13.7 Å². The molecule has 5 heteroatoms. The van der Waals surface area contributed by atoms with Crippen LogP contribution in [0.2, 0.25) is 0 Å². The zero-order valence-electron chi connectivity index (χ0n) is 9.49. The van der Waals surface area contributed by atoms with E-state index in [1.54, 1.807) is 7.11 Å². The van der Waals surface area contributed by atoms with Gasteiger partial charge in [-0.05, 0) is 31.1 Å². The maximum Gasteiger partial charge on any atom is 0.238 e. The van der Waals surface area contributed by atoms with Gasteiger partial charge in [0.2, 0.25) is 9.05 Å². The molecule has 0 saturated heterocycles. The van der Waals surface area contributed by atoms with E-state index in [9.17, 15) is 8.42 Å². The minimum absolute atomic E-state index is 0.269. The lowest BCUT2D eigenvalue weighted by atomic mass is 9.91. The van der Waals surface area contributed by atoms with E-state index in [0.717, 1.165) is 0 Å². The quantitative estimate of drug-likeness (QED) is 0.684. The average Bonchev–Trinajstić information content (AvgIpc) is 2.83. The largest absolute Gasteiger partial charge is 0.384 e. The molecule has 0 N–H and O–H groups in total. The summed E-state index contributed by atoms with van der Waals surface area (Å²) in [5.74, 6) is 0.687. The Labute approximate surface area is 96.6 Å². The third-order valence-corrected chi connectivity index (χ3v) is 5.87. The van der Waals surface area contributed by atoms with Crippen molar-refractivity contribution in [3.8, 4) is 0 Å². The van der Waals surface area contributed by atoms with Crippen molar-refractivity contribution in [1.82, 2.24) is 0 Å². The molecule has 1 unspecified atom stereocenters. The molecule has 0 aromatic heterocycles. The molecule has 0 aromatic carbocycles. The van der Waals surface area contributed by atoms with Gasteiger partial charge in [0.15, 0.2) is 0 Å². The first-order chi connectivity index (χ1) is 6.82. The SMILES string of the molecule is COCC(CC1(S(=O)(=O)Cl)CC1)C(C)C. The summed E-state index contributed by atoms with van der Waals surface area (Å²) in [6.07, 6.45) is 2.03. The smallest absolute Gasteiger partial charge is 0.238 e. The Kier molecular flexibility index (Phi) is 4.07. The van der Waals surface area contributed by atoms with E-state index in [4.69, 9.17) is 15.4 Å². The Bertz CT molecular complexity index is 307. The second-order valence-corrected chi connectivity index (χ2v) is 7.74. The van der Waals surface area contributed by atoms with E-state index in [1.807, 2.05) is 0 Å². The van der Waals surface area contributed by atoms with Gasteiger partial charge >= 0.3 is 0 Å². The number of halogens is 1. The fourth-order valence-electron chi connectivity index (χ4n) is 1.87. The summed E-state index contributed by atoms with van der Waals surface area (Å²) in [5, 5.41) is 0. The summed E-state index contributed by atoms with van der Waals surface area (Å²) in [6.45, 7) is 4.77. The summed E-state index contributed by atoms with van der Waals surface area (Å²) in [5.41, 5.74) is 0. The Morgan fingerprint density at radius 1 is 1.40 bits per heavy atom. The van der Waals surface area contributed by atoms with Gasteiger partial charge < -0.3 is 4.74 Å². The van der Waals surface area contributed by atoms with E-state index in [0.29, 0.717) is 31.8 Å². The van der Waals surface area contributed by atoms with Gasteiger partial charge in [-0.3, -0.25) is 0 Å². The zero-order valence-corrected chi connectivity index (χ0v) is 11.1. The first-order valence-corrected chi connectivity index (χ1v) is 7.56. The van der Waals surface area contributed by atoms with Gasteiger partial charge in [-0.25, -0.2) is 8.42 Å². The molecule has 0 bridgehead atoms. The van der Waals surface area contributed by atoms with Gasteiger partial charge in [-0.1, -0.05) is 13.8 Å². The lowest BCUT2D eigenvalue weighted by Crippen LogP contribution is -2.27. The van der Waals surface area contributed by atoms with Crippen LogP contribution >= 0.6 is 10.7 Å². The molecule has 1 aliphatic rings. The van der Waals surface area contributed by atoms with Crippen molar-refractivity contribution >= 4 is 19.7 Å². The topological polar surface area (TPSA) is 43.4 Å². The van der Waals surface area contributed by atoms with Crippen molar-refractivity contribution in [1.29, 1.82) is 0 Å². The van der Waals surface area contributed by atoms with Crippen LogP contribution in [0.15, 0.2) is 0 Å². The molecule has 0 spiro atoms. The minimum atomic E-state index is -3.42. The highest BCUT2D eigenvalue weighted by atomic mass is 35.7. The Balaban J connectivity index is 2.67. The van der Waals surface area contributed by atoms with Crippen LogP contribution in [0.1, 0.15) is 33.1 Å². The van der Waals surface area contributed by atoms with Crippen LogP contribution in [0.5, 0.6) is 0 Å². The van der Waals surface area contributed by atoms with Crippen LogP contribution in [0.3, 0.4) is 0 Å². The van der Waals surface area contributed by atoms with Gasteiger partial charge in [0.1, 0.15) is 0 Å². The summed E-state index contributed by atoms with van der Waals surface area (Å²) in [7, 11) is 3.69. The van der Waals surface area contributed by atoms with Crippen LogP contribution in [0, 0.1) is 11.8 Å². The molecule has 1 saturated carbocycles. The molecule has 90 valence electrons. The van der Waals surface area contributed by atoms with E-state index in [-0.39, 0.29) is 5.92 Å². The minimum Gasteiger partial charge on any atom is -0.384 e. The van der Waals surface area contributed by atoms with Gasteiger partial charge in [0.05, 0.1) is 4.75 Å². The molecule has 1 aliphatic carbocycles. The predicted molar refractivity (Wildman–Crippen MR) is 61.6 cm³/mol. The number of methoxy groups -OCH3 is 1. The van der Waals surface area contributed by atoms with E-state index >= 15 is 0 Å². The molecular weight excluding hydrogens is 236 g/mol. The number of ether oxygens (including phenoxy) is 1. The highest BCUT2D eigenvalue weighted by Crippen LogP contribution is 2.50. The molecule has 1 rings (SSSR count). The van der Waals surface area contributed by atoms with Crippen molar-refractivity contribution in [2.24, 2.45) is 11.8 Å². The van der Waals surface area contributed by atoms with Crippen molar-refractivity contribution in [3.63, 3.8) is 0 Å². The third-order valence-electron chi connectivity index (χ3n) is 3.28. The summed E-state index contributed by atoms with van der Waals surface area (Å²) in [4.78, 5) is 0. The maximum absolute atomic E-state index is 11.4. The van der Waals surface area contributed by atoms with Crippen LogP contribution in [-0.2, 0) is 13.8 Å². The van der Waals surface area contributed by atoms with E-state index in [1.165, 1.54) is 0 Å². The fourth-order valence-corrected chi connectivity index (χ4v) is 3.52. The second-order valence-electron chi connectivity index (χ2n) is 4.78. The number of rotatable bonds is 6. The summed E-state index contributed by atoms with van der Waals surface area (Å²) < 4.78 is 27.3. The molecule has 0 radical (unpaired) electrons. The maximum atomic E-state index is 11.4. The summed E-state index contributed by atoms with van der Waals surface area (Å²) >= 11 is 0. The zero-order chi connectivity index (χ0) is 11.7. The van der Waals surface area contributed by atoms with Gasteiger partial charge in [0.25, 0.3) is 0 Å². The number of hydrogen-bond donors (Lipinski definition) is 0. The fraction of sp³-hybridized carbons (Fsp3) is 1.00. The standard InChI is InChI=1S/C10H19ClO3S/c1-8(2)9(7-14-3)6-10(4-5-10)15(11,12)13/h8-9H,4-7H2,1-3H3. The molecule has 15 heavy (non-hydrogen) atoms. The Hall–Kier alpha value is 0.200. The van der Waals surface area contributed by atoms with Crippen LogP contribution in [0.4, 0.5) is 0 Å². The van der Waals surface area contributed by atoms with E-state index in [2.05, 4.69) is 13.8 Å². The van der Waals surface area contributed by atoms with Gasteiger partial charge in [0, 0.05) is 24.4 Å². The molecule has 0 heterocycles. The first-order valence-electron chi connectivity index (χ1n) is 5.25. The molecule has 1 atom stereocenters. The normalized spacial score (nSPS) is 21.7. The molecule has 0 aromatic rings. The Morgan fingerprint density at radius 2 is 1.93 bits per heavy atom. The predicted octanol–water partition coefficient (Wildman–Crippen LogP) is 2.40. The molecular formula is C10H19ClO3S. The monoisotopic (exact) mass is 254 g/mol. The molecule has 3 nitrogen and oxygen atoms in total. The van der Waals surface area contributed by atoms with Crippen molar-refractivity contribution in [3.05, 3.63) is 0 Å². The van der Waals surface area contributed by atoms with Gasteiger partial charge in [-0.2, -0.15) is 0 Å². The average molecular weight is 255 g/mol. The highest BCUT2D eigenvalue weighted by Gasteiger charge is 2.54. The molecule has 1 fully saturated rings. The second kappa shape index (κ2) is 4.60. The lowest BCUT2D eigenvalue weighted by Gasteiger charge is -2.23. The van der Waals surface area contributed by atoms with Crippen LogP contribution in [-0.4, -0.2) is 26.9 Å². The number of hydrogen-bond acceptors (Lipinski definition) is 3. The first kappa shape index (κ1) is 13.3. The van der Waals surface area contributed by atoms with Gasteiger partial charge in [-0.15, -0.1) is 0 Å². The lowest BCUT2D eigenvalue weighted by molar-refractivity contribution is 0.122. The van der Waals surface area contributed by atoms with Crippen molar-refractivity contribution in [2.45, 2.75) is 37.9 Å². The van der Waals surface area contributed by atoms with Crippen LogP contribution in [0.25, 0.3) is 0 Å².